The van der Waals surface area contributed by atoms with E-state index in [4.69, 9.17) is 5.11 Å². The van der Waals surface area contributed by atoms with Gasteiger partial charge in [0, 0.05) is 10.1 Å². The topological polar surface area (TPSA) is 37.3 Å². The number of carboxylic acid groups (broad SMARTS) is 1. The number of allylic oxidation sites excluding steroid dienone is 3. The van der Waals surface area contributed by atoms with E-state index < -0.39 is 5.97 Å². The lowest BCUT2D eigenvalue weighted by Crippen LogP contribution is -2.02. The van der Waals surface area contributed by atoms with Gasteiger partial charge in [0.05, 0.1) is 0 Å². The molecule has 0 amide bonds. The molecule has 0 unspecified atom stereocenters. The van der Waals surface area contributed by atoms with Gasteiger partial charge >= 0.3 is 5.97 Å². The third-order valence-electron chi connectivity index (χ3n) is 1.34. The van der Waals surface area contributed by atoms with Crippen LogP contribution in [0.25, 0.3) is 0 Å². The predicted octanol–water partition coefficient (Wildman–Crippen LogP) is 2.07. The van der Waals surface area contributed by atoms with Crippen molar-refractivity contribution in [2.24, 2.45) is 0 Å². The Morgan fingerprint density at radius 1 is 1.70 bits per heavy atom. The van der Waals surface area contributed by atoms with Crippen LogP contribution >= 0.6 is 15.9 Å². The van der Waals surface area contributed by atoms with Gasteiger partial charge in [-0.3, -0.25) is 0 Å². The van der Waals surface area contributed by atoms with Crippen LogP contribution in [0, 0.1) is 0 Å². The predicted molar refractivity (Wildman–Crippen MR) is 42.0 cm³/mol. The SMILES string of the molecule is O=C(O)C1=CC(Br)=CCC1. The zero-order chi connectivity index (χ0) is 7.56. The van der Waals surface area contributed by atoms with E-state index in [-0.39, 0.29) is 0 Å². The summed E-state index contributed by atoms with van der Waals surface area (Å²) in [5, 5.41) is 8.54. The van der Waals surface area contributed by atoms with Crippen molar-refractivity contribution < 1.29 is 9.90 Å². The van der Waals surface area contributed by atoms with Gasteiger partial charge in [-0.15, -0.1) is 0 Å². The van der Waals surface area contributed by atoms with Gasteiger partial charge in [0.1, 0.15) is 0 Å². The number of carbonyl (C=O) groups is 1. The van der Waals surface area contributed by atoms with Crippen LogP contribution in [0.15, 0.2) is 22.2 Å². The molecule has 0 atom stereocenters. The summed E-state index contributed by atoms with van der Waals surface area (Å²) in [6.07, 6.45) is 5.07. The minimum Gasteiger partial charge on any atom is -0.478 e. The first-order chi connectivity index (χ1) is 4.70. The largest absolute Gasteiger partial charge is 0.478 e. The maximum atomic E-state index is 10.4. The van der Waals surface area contributed by atoms with Crippen LogP contribution < -0.4 is 0 Å². The Morgan fingerprint density at radius 2 is 2.40 bits per heavy atom. The molecular formula is C7H7BrO2. The summed E-state index contributed by atoms with van der Waals surface area (Å²) in [5.41, 5.74) is 0.481. The van der Waals surface area contributed by atoms with E-state index in [9.17, 15) is 4.79 Å². The Hall–Kier alpha value is -0.570. The molecule has 1 rings (SSSR count). The first-order valence-corrected chi connectivity index (χ1v) is 3.79. The summed E-state index contributed by atoms with van der Waals surface area (Å²) < 4.78 is 0.871. The van der Waals surface area contributed by atoms with Gasteiger partial charge < -0.3 is 5.11 Å². The van der Waals surface area contributed by atoms with Crippen LogP contribution in [0.2, 0.25) is 0 Å². The lowest BCUT2D eigenvalue weighted by atomic mass is 10.1. The molecule has 0 heterocycles. The van der Waals surface area contributed by atoms with Gasteiger partial charge in [0.2, 0.25) is 0 Å². The van der Waals surface area contributed by atoms with E-state index in [2.05, 4.69) is 15.9 Å². The van der Waals surface area contributed by atoms with Crippen molar-refractivity contribution in [2.75, 3.05) is 0 Å². The Morgan fingerprint density at radius 3 is 2.80 bits per heavy atom. The second kappa shape index (κ2) is 3.01. The summed E-state index contributed by atoms with van der Waals surface area (Å²) in [4.78, 5) is 10.4. The molecule has 0 aromatic heterocycles. The smallest absolute Gasteiger partial charge is 0.331 e. The van der Waals surface area contributed by atoms with E-state index in [0.29, 0.717) is 12.0 Å². The van der Waals surface area contributed by atoms with Crippen LogP contribution in [-0.2, 0) is 4.79 Å². The summed E-state index contributed by atoms with van der Waals surface area (Å²) in [7, 11) is 0. The van der Waals surface area contributed by atoms with Crippen molar-refractivity contribution in [3.05, 3.63) is 22.2 Å². The van der Waals surface area contributed by atoms with Crippen LogP contribution in [0.3, 0.4) is 0 Å². The summed E-state index contributed by atoms with van der Waals surface area (Å²) in [6.45, 7) is 0. The second-order valence-electron chi connectivity index (χ2n) is 2.10. The third kappa shape index (κ3) is 1.70. The standard InChI is InChI=1S/C7H7BrO2/c8-6-3-1-2-5(4-6)7(9)10/h3-4H,1-2H2,(H,9,10). The van der Waals surface area contributed by atoms with E-state index in [0.717, 1.165) is 10.9 Å². The van der Waals surface area contributed by atoms with Crippen LogP contribution in [0.4, 0.5) is 0 Å². The van der Waals surface area contributed by atoms with Crippen molar-refractivity contribution in [1.29, 1.82) is 0 Å². The molecule has 1 aliphatic carbocycles. The highest BCUT2D eigenvalue weighted by Gasteiger charge is 2.09. The highest BCUT2D eigenvalue weighted by Crippen LogP contribution is 2.20. The van der Waals surface area contributed by atoms with Gasteiger partial charge in [0.25, 0.3) is 0 Å². The van der Waals surface area contributed by atoms with Crippen LogP contribution in [0.5, 0.6) is 0 Å². The highest BCUT2D eigenvalue weighted by atomic mass is 79.9. The van der Waals surface area contributed by atoms with E-state index in [1.165, 1.54) is 0 Å². The number of hydrogen-bond donors (Lipinski definition) is 1. The second-order valence-corrected chi connectivity index (χ2v) is 3.02. The quantitative estimate of drug-likeness (QED) is 0.708. The first kappa shape index (κ1) is 7.54. The monoisotopic (exact) mass is 202 g/mol. The van der Waals surface area contributed by atoms with Gasteiger partial charge in [-0.25, -0.2) is 4.79 Å². The molecule has 1 aliphatic rings. The first-order valence-electron chi connectivity index (χ1n) is 2.99. The van der Waals surface area contributed by atoms with Gasteiger partial charge in [-0.1, -0.05) is 22.0 Å². The van der Waals surface area contributed by atoms with Crippen molar-refractivity contribution in [1.82, 2.24) is 0 Å². The molecule has 0 bridgehead atoms. The molecule has 0 fully saturated rings. The molecule has 0 aromatic rings. The summed E-state index contributed by atoms with van der Waals surface area (Å²) >= 11 is 3.22. The fourth-order valence-corrected chi connectivity index (χ4v) is 1.34. The number of rotatable bonds is 1. The van der Waals surface area contributed by atoms with E-state index in [1.807, 2.05) is 6.08 Å². The minimum absolute atomic E-state index is 0.481. The summed E-state index contributed by atoms with van der Waals surface area (Å²) in [5.74, 6) is -0.815. The molecule has 10 heavy (non-hydrogen) atoms. The highest BCUT2D eigenvalue weighted by molar-refractivity contribution is 9.11. The molecule has 1 N–H and O–H groups in total. The van der Waals surface area contributed by atoms with Crippen molar-refractivity contribution in [3.63, 3.8) is 0 Å². The van der Waals surface area contributed by atoms with Crippen LogP contribution in [-0.4, -0.2) is 11.1 Å². The number of hydrogen-bond acceptors (Lipinski definition) is 1. The van der Waals surface area contributed by atoms with Gasteiger partial charge in [-0.05, 0) is 18.9 Å². The number of halogens is 1. The zero-order valence-corrected chi connectivity index (χ0v) is 6.89. The third-order valence-corrected chi connectivity index (χ3v) is 1.89. The fourth-order valence-electron chi connectivity index (χ4n) is 0.832. The fraction of sp³-hybridized carbons (Fsp3) is 0.286. The molecule has 0 saturated heterocycles. The maximum Gasteiger partial charge on any atom is 0.331 e. The number of carboxylic acids is 1. The molecule has 2 nitrogen and oxygen atoms in total. The van der Waals surface area contributed by atoms with Crippen molar-refractivity contribution >= 4 is 21.9 Å². The lowest BCUT2D eigenvalue weighted by Gasteiger charge is -2.04. The molecule has 0 radical (unpaired) electrons. The number of aliphatic carboxylic acids is 1. The Balaban J connectivity index is 2.78. The Bertz CT molecular complexity index is 216. The molecule has 54 valence electrons. The van der Waals surface area contributed by atoms with E-state index >= 15 is 0 Å². The summed E-state index contributed by atoms with van der Waals surface area (Å²) in [6, 6.07) is 0. The molecular weight excluding hydrogens is 196 g/mol. The zero-order valence-electron chi connectivity index (χ0n) is 5.30. The van der Waals surface area contributed by atoms with E-state index in [1.54, 1.807) is 6.08 Å². The Labute approximate surface area is 67.4 Å². The Kier molecular flexibility index (Phi) is 2.27. The molecule has 0 aliphatic heterocycles. The van der Waals surface area contributed by atoms with Gasteiger partial charge in [-0.2, -0.15) is 0 Å². The average molecular weight is 203 g/mol. The average Bonchev–Trinajstić information content (AvgIpc) is 1.88. The van der Waals surface area contributed by atoms with Gasteiger partial charge in [0.15, 0.2) is 0 Å². The van der Waals surface area contributed by atoms with Crippen molar-refractivity contribution in [3.8, 4) is 0 Å². The molecule has 0 saturated carbocycles. The van der Waals surface area contributed by atoms with Crippen molar-refractivity contribution in [2.45, 2.75) is 12.8 Å². The minimum atomic E-state index is -0.815. The molecule has 0 spiro atoms. The maximum absolute atomic E-state index is 10.4. The molecule has 0 aromatic carbocycles. The lowest BCUT2D eigenvalue weighted by molar-refractivity contribution is -0.132. The normalized spacial score (nSPS) is 17.7. The molecule has 3 heteroatoms. The van der Waals surface area contributed by atoms with Crippen LogP contribution in [0.1, 0.15) is 12.8 Å².